The molecule has 4 rings (SSSR count). The maximum absolute atomic E-state index is 13.0. The van der Waals surface area contributed by atoms with Crippen LogP contribution in [0.3, 0.4) is 0 Å². The molecule has 0 fully saturated rings. The lowest BCUT2D eigenvalue weighted by molar-refractivity contribution is -0.116. The van der Waals surface area contributed by atoms with E-state index < -0.39 is 5.92 Å². The molecule has 2 heterocycles. The fraction of sp³-hybridized carbons (Fsp3) is 0.0476. The van der Waals surface area contributed by atoms with Crippen LogP contribution in [0.25, 0.3) is 11.5 Å². The van der Waals surface area contributed by atoms with E-state index in [4.69, 9.17) is 4.42 Å². The highest BCUT2D eigenvalue weighted by Crippen LogP contribution is 2.26. The standard InChI is InChI=1S/C21H16N4O2/c26-19(23-21-25-24-20(27-21)17-11-13-22-14-12-17)18(15-7-3-1-4-8-15)16-9-5-2-6-10-16/h1-14,18H,(H,23,25,26). The number of hydrogen-bond donors (Lipinski definition) is 1. The molecule has 2 aromatic heterocycles. The van der Waals surface area contributed by atoms with Crippen LogP contribution >= 0.6 is 0 Å². The maximum atomic E-state index is 13.0. The first-order valence-electron chi connectivity index (χ1n) is 8.46. The number of anilines is 1. The highest BCUT2D eigenvalue weighted by Gasteiger charge is 2.24. The van der Waals surface area contributed by atoms with Gasteiger partial charge in [-0.3, -0.25) is 15.1 Å². The van der Waals surface area contributed by atoms with Crippen LogP contribution in [-0.2, 0) is 4.79 Å². The molecule has 1 N–H and O–H groups in total. The highest BCUT2D eigenvalue weighted by molar-refractivity contribution is 5.96. The Kier molecular flexibility index (Phi) is 4.70. The SMILES string of the molecule is O=C(Nc1nnc(-c2ccncc2)o1)C(c1ccccc1)c1ccccc1. The number of carbonyl (C=O) groups excluding carboxylic acids is 1. The molecule has 0 saturated heterocycles. The van der Waals surface area contributed by atoms with Crippen molar-refractivity contribution in [3.8, 4) is 11.5 Å². The van der Waals surface area contributed by atoms with E-state index in [2.05, 4.69) is 20.5 Å². The fourth-order valence-electron chi connectivity index (χ4n) is 2.85. The lowest BCUT2D eigenvalue weighted by Gasteiger charge is -2.16. The number of benzene rings is 2. The van der Waals surface area contributed by atoms with Gasteiger partial charge in [0, 0.05) is 18.0 Å². The molecule has 0 aliphatic rings. The Morgan fingerprint density at radius 2 is 1.41 bits per heavy atom. The molecule has 0 spiro atoms. The molecule has 132 valence electrons. The van der Waals surface area contributed by atoms with E-state index in [1.165, 1.54) is 0 Å². The van der Waals surface area contributed by atoms with Crippen LogP contribution < -0.4 is 5.32 Å². The third kappa shape index (κ3) is 3.74. The van der Waals surface area contributed by atoms with Crippen molar-refractivity contribution < 1.29 is 9.21 Å². The second-order valence-electron chi connectivity index (χ2n) is 5.89. The van der Waals surface area contributed by atoms with Gasteiger partial charge < -0.3 is 4.42 Å². The van der Waals surface area contributed by atoms with Crippen molar-refractivity contribution in [2.75, 3.05) is 5.32 Å². The molecule has 6 nitrogen and oxygen atoms in total. The summed E-state index contributed by atoms with van der Waals surface area (Å²) in [5.74, 6) is -0.398. The number of rotatable bonds is 5. The summed E-state index contributed by atoms with van der Waals surface area (Å²) in [5.41, 5.74) is 2.51. The van der Waals surface area contributed by atoms with Crippen LogP contribution in [0.5, 0.6) is 0 Å². The molecule has 0 radical (unpaired) electrons. The summed E-state index contributed by atoms with van der Waals surface area (Å²) >= 11 is 0. The summed E-state index contributed by atoms with van der Waals surface area (Å²) in [6.07, 6.45) is 3.28. The summed E-state index contributed by atoms with van der Waals surface area (Å²) < 4.78 is 5.58. The van der Waals surface area contributed by atoms with Gasteiger partial charge in [-0.1, -0.05) is 65.8 Å². The van der Waals surface area contributed by atoms with Gasteiger partial charge in [0.25, 0.3) is 0 Å². The average molecular weight is 356 g/mol. The number of amides is 1. The van der Waals surface area contributed by atoms with E-state index in [9.17, 15) is 4.79 Å². The topological polar surface area (TPSA) is 80.9 Å². The van der Waals surface area contributed by atoms with E-state index >= 15 is 0 Å². The van der Waals surface area contributed by atoms with Gasteiger partial charge in [0.1, 0.15) is 0 Å². The molecule has 27 heavy (non-hydrogen) atoms. The van der Waals surface area contributed by atoms with E-state index in [1.54, 1.807) is 24.5 Å². The van der Waals surface area contributed by atoms with Crippen LogP contribution in [0, 0.1) is 0 Å². The second-order valence-corrected chi connectivity index (χ2v) is 5.89. The van der Waals surface area contributed by atoms with E-state index in [0.29, 0.717) is 5.89 Å². The number of carbonyl (C=O) groups is 1. The zero-order valence-corrected chi connectivity index (χ0v) is 14.3. The van der Waals surface area contributed by atoms with Crippen molar-refractivity contribution in [3.05, 3.63) is 96.3 Å². The van der Waals surface area contributed by atoms with Crippen LogP contribution in [0.2, 0.25) is 0 Å². The molecule has 0 unspecified atom stereocenters. The molecule has 0 aliphatic carbocycles. The lowest BCUT2D eigenvalue weighted by atomic mass is 9.90. The Balaban J connectivity index is 1.61. The van der Waals surface area contributed by atoms with Gasteiger partial charge in [0.15, 0.2) is 0 Å². The Bertz CT molecular complexity index is 978. The molecule has 0 aliphatic heterocycles. The number of hydrogen-bond acceptors (Lipinski definition) is 5. The third-order valence-corrected chi connectivity index (χ3v) is 4.11. The Morgan fingerprint density at radius 3 is 2.00 bits per heavy atom. The zero-order chi connectivity index (χ0) is 18.5. The first-order chi connectivity index (χ1) is 13.3. The van der Waals surface area contributed by atoms with E-state index in [-0.39, 0.29) is 11.9 Å². The van der Waals surface area contributed by atoms with Gasteiger partial charge >= 0.3 is 6.01 Å². The van der Waals surface area contributed by atoms with Gasteiger partial charge in [-0.15, -0.1) is 5.10 Å². The van der Waals surface area contributed by atoms with Gasteiger partial charge in [0.2, 0.25) is 11.8 Å². The summed E-state index contributed by atoms with van der Waals surface area (Å²) in [7, 11) is 0. The number of pyridine rings is 1. The normalized spacial score (nSPS) is 10.7. The van der Waals surface area contributed by atoms with Crippen molar-refractivity contribution in [2.24, 2.45) is 0 Å². The van der Waals surface area contributed by atoms with Crippen molar-refractivity contribution in [1.82, 2.24) is 15.2 Å². The van der Waals surface area contributed by atoms with Gasteiger partial charge in [-0.2, -0.15) is 0 Å². The molecule has 6 heteroatoms. The molecule has 1 amide bonds. The van der Waals surface area contributed by atoms with Crippen LogP contribution in [0.4, 0.5) is 6.01 Å². The number of nitrogens with zero attached hydrogens (tertiary/aromatic N) is 3. The molecule has 4 aromatic rings. The highest BCUT2D eigenvalue weighted by atomic mass is 16.4. The Morgan fingerprint density at radius 1 is 0.815 bits per heavy atom. The quantitative estimate of drug-likeness (QED) is 0.586. The first kappa shape index (κ1) is 16.7. The molecule has 0 bridgehead atoms. The zero-order valence-electron chi connectivity index (χ0n) is 14.3. The minimum atomic E-state index is -0.483. The van der Waals surface area contributed by atoms with Crippen LogP contribution in [0.15, 0.2) is 89.6 Å². The van der Waals surface area contributed by atoms with E-state index in [0.717, 1.165) is 16.7 Å². The van der Waals surface area contributed by atoms with Crippen molar-refractivity contribution in [1.29, 1.82) is 0 Å². The Labute approximate surface area is 155 Å². The molecule has 0 saturated carbocycles. The van der Waals surface area contributed by atoms with Gasteiger partial charge in [0.05, 0.1) is 5.92 Å². The predicted octanol–water partition coefficient (Wildman–Crippen LogP) is 3.90. The second kappa shape index (κ2) is 7.61. The molecular formula is C21H16N4O2. The minimum Gasteiger partial charge on any atom is -0.403 e. The summed E-state index contributed by atoms with van der Waals surface area (Å²) in [6.45, 7) is 0. The summed E-state index contributed by atoms with van der Waals surface area (Å²) in [5, 5.41) is 10.7. The van der Waals surface area contributed by atoms with Crippen molar-refractivity contribution in [3.63, 3.8) is 0 Å². The molecule has 2 aromatic carbocycles. The van der Waals surface area contributed by atoms with Crippen LogP contribution in [-0.4, -0.2) is 21.1 Å². The molecule has 0 atom stereocenters. The number of aromatic nitrogens is 3. The lowest BCUT2D eigenvalue weighted by Crippen LogP contribution is -2.22. The monoisotopic (exact) mass is 356 g/mol. The summed E-state index contributed by atoms with van der Waals surface area (Å²) in [4.78, 5) is 17.0. The van der Waals surface area contributed by atoms with Crippen LogP contribution in [0.1, 0.15) is 17.0 Å². The third-order valence-electron chi connectivity index (χ3n) is 4.11. The van der Waals surface area contributed by atoms with E-state index in [1.807, 2.05) is 60.7 Å². The first-order valence-corrected chi connectivity index (χ1v) is 8.46. The predicted molar refractivity (Wildman–Crippen MR) is 101 cm³/mol. The minimum absolute atomic E-state index is 0.0590. The maximum Gasteiger partial charge on any atom is 0.322 e. The van der Waals surface area contributed by atoms with Crippen molar-refractivity contribution in [2.45, 2.75) is 5.92 Å². The largest absolute Gasteiger partial charge is 0.403 e. The number of nitrogens with one attached hydrogen (secondary N) is 1. The average Bonchev–Trinajstić information content (AvgIpc) is 3.19. The smallest absolute Gasteiger partial charge is 0.322 e. The molecular weight excluding hydrogens is 340 g/mol. The fourth-order valence-corrected chi connectivity index (χ4v) is 2.85. The van der Waals surface area contributed by atoms with Crippen molar-refractivity contribution >= 4 is 11.9 Å². The van der Waals surface area contributed by atoms with Gasteiger partial charge in [-0.05, 0) is 23.3 Å². The summed E-state index contributed by atoms with van der Waals surface area (Å²) in [6, 6.07) is 22.8. The van der Waals surface area contributed by atoms with Gasteiger partial charge in [-0.25, -0.2) is 0 Å². The Hall–Kier alpha value is -3.80.